The zero-order valence-electron chi connectivity index (χ0n) is 7.72. The lowest BCUT2D eigenvalue weighted by molar-refractivity contribution is 0.112. The summed E-state index contributed by atoms with van der Waals surface area (Å²) in [5, 5.41) is 1.01. The van der Waals surface area contributed by atoms with E-state index in [1.807, 2.05) is 19.1 Å². The van der Waals surface area contributed by atoms with Gasteiger partial charge in [-0.2, -0.15) is 0 Å². The predicted octanol–water partition coefficient (Wildman–Crippen LogP) is 3.14. The molecule has 0 bridgehead atoms. The summed E-state index contributed by atoms with van der Waals surface area (Å²) in [6, 6.07) is 6.07. The van der Waals surface area contributed by atoms with Crippen molar-refractivity contribution in [1.82, 2.24) is 0 Å². The summed E-state index contributed by atoms with van der Waals surface area (Å²) in [7, 11) is 0. The number of aldehydes is 1. The van der Waals surface area contributed by atoms with Crippen LogP contribution in [0, 0.1) is 6.92 Å². The minimum Gasteiger partial charge on any atom is -0.298 e. The number of halogens is 1. The highest BCUT2D eigenvalue weighted by atomic mass is 79.9. The van der Waals surface area contributed by atoms with Crippen molar-refractivity contribution < 1.29 is 4.79 Å². The van der Waals surface area contributed by atoms with Crippen molar-refractivity contribution >= 4 is 22.2 Å². The van der Waals surface area contributed by atoms with E-state index in [1.54, 1.807) is 0 Å². The average Bonchev–Trinajstić information content (AvgIpc) is 2.16. The van der Waals surface area contributed by atoms with Crippen LogP contribution < -0.4 is 0 Å². The van der Waals surface area contributed by atoms with Gasteiger partial charge in [-0.15, -0.1) is 0 Å². The first-order chi connectivity index (χ1) is 6.27. The first kappa shape index (κ1) is 10.5. The number of carbonyl (C=O) groups excluding carboxylic acids is 1. The molecule has 1 rings (SSSR count). The maximum Gasteiger partial charge on any atom is 0.150 e. The quantitative estimate of drug-likeness (QED) is 0.584. The second-order valence-corrected chi connectivity index (χ2v) is 3.89. The van der Waals surface area contributed by atoms with Gasteiger partial charge in [0.05, 0.1) is 0 Å². The highest BCUT2D eigenvalue weighted by Crippen LogP contribution is 2.11. The molecule has 0 unspecified atom stereocenters. The molecule has 2 heteroatoms. The van der Waals surface area contributed by atoms with Crippen LogP contribution in [0.15, 0.2) is 18.2 Å². The summed E-state index contributed by atoms with van der Waals surface area (Å²) in [6.45, 7) is 1.96. The van der Waals surface area contributed by atoms with Crippen LogP contribution in [0.2, 0.25) is 0 Å². The SMILES string of the molecule is Cc1ccc(CCCBr)cc1C=O. The fourth-order valence-corrected chi connectivity index (χ4v) is 1.52. The summed E-state index contributed by atoms with van der Waals surface area (Å²) >= 11 is 3.39. The maximum absolute atomic E-state index is 10.6. The molecule has 0 aliphatic rings. The van der Waals surface area contributed by atoms with E-state index in [9.17, 15) is 4.79 Å². The van der Waals surface area contributed by atoms with Gasteiger partial charge in [-0.05, 0) is 37.0 Å². The Morgan fingerprint density at radius 3 is 2.85 bits per heavy atom. The Morgan fingerprint density at radius 1 is 1.46 bits per heavy atom. The molecule has 0 radical (unpaired) electrons. The molecule has 0 aliphatic carbocycles. The Morgan fingerprint density at radius 2 is 2.23 bits per heavy atom. The lowest BCUT2D eigenvalue weighted by Crippen LogP contribution is -1.91. The lowest BCUT2D eigenvalue weighted by Gasteiger charge is -2.02. The second kappa shape index (κ2) is 5.18. The van der Waals surface area contributed by atoms with E-state index in [-0.39, 0.29) is 0 Å². The van der Waals surface area contributed by atoms with Gasteiger partial charge in [0, 0.05) is 10.9 Å². The normalized spacial score (nSPS) is 10.0. The standard InChI is InChI=1S/C11H13BrO/c1-9-4-5-10(3-2-6-12)7-11(9)8-13/h4-5,7-8H,2-3,6H2,1H3. The summed E-state index contributed by atoms with van der Waals surface area (Å²) in [6.07, 6.45) is 3.07. The number of aryl methyl sites for hydroxylation is 2. The van der Waals surface area contributed by atoms with Crippen molar-refractivity contribution in [2.75, 3.05) is 5.33 Å². The van der Waals surface area contributed by atoms with Gasteiger partial charge >= 0.3 is 0 Å². The van der Waals surface area contributed by atoms with Crippen molar-refractivity contribution in [3.63, 3.8) is 0 Å². The van der Waals surface area contributed by atoms with Crippen LogP contribution >= 0.6 is 15.9 Å². The number of hydrogen-bond acceptors (Lipinski definition) is 1. The van der Waals surface area contributed by atoms with Crippen molar-refractivity contribution in [3.05, 3.63) is 34.9 Å². The lowest BCUT2D eigenvalue weighted by atomic mass is 10.0. The van der Waals surface area contributed by atoms with Crippen LogP contribution in [0.5, 0.6) is 0 Å². The van der Waals surface area contributed by atoms with Crippen LogP contribution in [-0.2, 0) is 6.42 Å². The Hall–Kier alpha value is -0.630. The molecule has 0 spiro atoms. The van der Waals surface area contributed by atoms with Crippen LogP contribution in [-0.4, -0.2) is 11.6 Å². The van der Waals surface area contributed by atoms with Gasteiger partial charge in [-0.1, -0.05) is 28.1 Å². The second-order valence-electron chi connectivity index (χ2n) is 3.10. The highest BCUT2D eigenvalue weighted by Gasteiger charge is 1.98. The van der Waals surface area contributed by atoms with Crippen molar-refractivity contribution in [1.29, 1.82) is 0 Å². The van der Waals surface area contributed by atoms with Crippen molar-refractivity contribution in [2.24, 2.45) is 0 Å². The van der Waals surface area contributed by atoms with Crippen LogP contribution in [0.1, 0.15) is 27.9 Å². The number of hydrogen-bond donors (Lipinski definition) is 0. The van der Waals surface area contributed by atoms with Crippen molar-refractivity contribution in [3.8, 4) is 0 Å². The van der Waals surface area contributed by atoms with E-state index >= 15 is 0 Å². The van der Waals surface area contributed by atoms with Gasteiger partial charge in [-0.25, -0.2) is 0 Å². The van der Waals surface area contributed by atoms with Gasteiger partial charge in [0.25, 0.3) is 0 Å². The van der Waals surface area contributed by atoms with Crippen LogP contribution in [0.25, 0.3) is 0 Å². The molecule has 0 atom stereocenters. The maximum atomic E-state index is 10.6. The molecule has 0 saturated heterocycles. The molecule has 0 aromatic heterocycles. The van der Waals surface area contributed by atoms with E-state index in [0.717, 1.165) is 35.6 Å². The number of rotatable bonds is 4. The minimum absolute atomic E-state index is 0.812. The smallest absolute Gasteiger partial charge is 0.150 e. The van der Waals surface area contributed by atoms with Gasteiger partial charge < -0.3 is 0 Å². The van der Waals surface area contributed by atoms with E-state index in [1.165, 1.54) is 5.56 Å². The fraction of sp³-hybridized carbons (Fsp3) is 0.364. The number of benzene rings is 1. The largest absolute Gasteiger partial charge is 0.298 e. The third kappa shape index (κ3) is 2.96. The Labute approximate surface area is 87.3 Å². The molecule has 0 aliphatic heterocycles. The molecule has 1 nitrogen and oxygen atoms in total. The van der Waals surface area contributed by atoms with Crippen molar-refractivity contribution in [2.45, 2.75) is 19.8 Å². The first-order valence-electron chi connectivity index (χ1n) is 4.38. The summed E-state index contributed by atoms with van der Waals surface area (Å²) < 4.78 is 0. The van der Waals surface area contributed by atoms with Crippen LogP contribution in [0.3, 0.4) is 0 Å². The zero-order valence-corrected chi connectivity index (χ0v) is 9.30. The van der Waals surface area contributed by atoms with Crippen LogP contribution in [0.4, 0.5) is 0 Å². The molecule has 13 heavy (non-hydrogen) atoms. The summed E-state index contributed by atoms with van der Waals surface area (Å²) in [5.74, 6) is 0. The topological polar surface area (TPSA) is 17.1 Å². The molecule has 0 amide bonds. The molecule has 0 saturated carbocycles. The average molecular weight is 241 g/mol. The van der Waals surface area contributed by atoms with Gasteiger partial charge in [0.1, 0.15) is 6.29 Å². The van der Waals surface area contributed by atoms with E-state index in [2.05, 4.69) is 22.0 Å². The molecular formula is C11H13BrO. The third-order valence-corrected chi connectivity index (χ3v) is 2.63. The minimum atomic E-state index is 0.812. The molecule has 1 aromatic carbocycles. The van der Waals surface area contributed by atoms with Gasteiger partial charge in [-0.3, -0.25) is 4.79 Å². The molecule has 70 valence electrons. The number of carbonyl (C=O) groups is 1. The Bertz CT molecular complexity index is 294. The third-order valence-electron chi connectivity index (χ3n) is 2.07. The van der Waals surface area contributed by atoms with E-state index < -0.39 is 0 Å². The first-order valence-corrected chi connectivity index (χ1v) is 5.50. The zero-order chi connectivity index (χ0) is 9.68. The monoisotopic (exact) mass is 240 g/mol. The molecule has 0 heterocycles. The number of alkyl halides is 1. The van der Waals surface area contributed by atoms with Gasteiger partial charge in [0.2, 0.25) is 0 Å². The predicted molar refractivity (Wildman–Crippen MR) is 58.7 cm³/mol. The Balaban J connectivity index is 2.80. The summed E-state index contributed by atoms with van der Waals surface area (Å²) in [5.41, 5.74) is 3.11. The molecule has 1 aromatic rings. The van der Waals surface area contributed by atoms with E-state index in [4.69, 9.17) is 0 Å². The highest BCUT2D eigenvalue weighted by molar-refractivity contribution is 9.09. The molecule has 0 fully saturated rings. The molecule has 0 N–H and O–H groups in total. The summed E-state index contributed by atoms with van der Waals surface area (Å²) in [4.78, 5) is 10.6. The van der Waals surface area contributed by atoms with E-state index in [0.29, 0.717) is 0 Å². The molecular weight excluding hydrogens is 228 g/mol. The fourth-order valence-electron chi connectivity index (χ4n) is 1.24. The Kier molecular flexibility index (Phi) is 4.16. The van der Waals surface area contributed by atoms with Gasteiger partial charge in [0.15, 0.2) is 0 Å².